The molecule has 0 spiro atoms. The number of aryl methyl sites for hydroxylation is 2. The second-order valence-corrected chi connectivity index (χ2v) is 6.26. The fourth-order valence-corrected chi connectivity index (χ4v) is 2.78. The van der Waals surface area contributed by atoms with E-state index in [1.54, 1.807) is 7.05 Å². The molecule has 0 bridgehead atoms. The van der Waals surface area contributed by atoms with Crippen molar-refractivity contribution in [1.82, 2.24) is 20.5 Å². The molecule has 0 radical (unpaired) electrons. The van der Waals surface area contributed by atoms with Crippen molar-refractivity contribution in [3.8, 4) is 0 Å². The van der Waals surface area contributed by atoms with E-state index in [0.29, 0.717) is 12.4 Å². The molecular formula is C16H30IN5O2. The number of guanidine groups is 1. The summed E-state index contributed by atoms with van der Waals surface area (Å²) in [5.41, 5.74) is 1.03. The molecule has 0 aliphatic carbocycles. The third-order valence-corrected chi connectivity index (χ3v) is 4.66. The lowest BCUT2D eigenvalue weighted by molar-refractivity contribution is -0.00501. The summed E-state index contributed by atoms with van der Waals surface area (Å²) in [5, 5.41) is 6.68. The first-order chi connectivity index (χ1) is 11.0. The van der Waals surface area contributed by atoms with E-state index in [-0.39, 0.29) is 29.5 Å². The highest BCUT2D eigenvalue weighted by Gasteiger charge is 2.34. The normalized spacial score (nSPS) is 17.5. The molecule has 0 atom stereocenters. The number of nitrogens with zero attached hydrogens (tertiary/aromatic N) is 3. The Hall–Kier alpha value is -0.870. The fourth-order valence-electron chi connectivity index (χ4n) is 2.78. The molecular weight excluding hydrogens is 421 g/mol. The van der Waals surface area contributed by atoms with E-state index in [1.807, 2.05) is 13.8 Å². The highest BCUT2D eigenvalue weighted by atomic mass is 127. The molecule has 7 nitrogen and oxygen atoms in total. The van der Waals surface area contributed by atoms with E-state index >= 15 is 0 Å². The van der Waals surface area contributed by atoms with Crippen LogP contribution in [0, 0.1) is 13.8 Å². The zero-order valence-electron chi connectivity index (χ0n) is 15.3. The van der Waals surface area contributed by atoms with Crippen LogP contribution in [0.1, 0.15) is 30.2 Å². The molecule has 1 saturated heterocycles. The number of likely N-dealkylation sites (N-methyl/N-ethyl adjacent to an activating group) is 1. The van der Waals surface area contributed by atoms with Crippen LogP contribution < -0.4 is 10.6 Å². The van der Waals surface area contributed by atoms with Gasteiger partial charge in [-0.25, -0.2) is 4.98 Å². The van der Waals surface area contributed by atoms with Gasteiger partial charge in [-0.05, 0) is 40.8 Å². The molecule has 1 fully saturated rings. The van der Waals surface area contributed by atoms with Crippen molar-refractivity contribution < 1.29 is 9.15 Å². The smallest absolute Gasteiger partial charge is 0.214 e. The van der Waals surface area contributed by atoms with Crippen LogP contribution in [0.15, 0.2) is 9.41 Å². The lowest BCUT2D eigenvalue weighted by Gasteiger charge is -2.43. The van der Waals surface area contributed by atoms with Gasteiger partial charge in [-0.3, -0.25) is 4.99 Å². The minimum absolute atomic E-state index is 0. The maximum atomic E-state index is 5.58. The van der Waals surface area contributed by atoms with E-state index < -0.39 is 0 Å². The molecule has 1 aliphatic rings. The van der Waals surface area contributed by atoms with Gasteiger partial charge in [0.05, 0.1) is 12.2 Å². The lowest BCUT2D eigenvalue weighted by atomic mass is 9.88. The number of halogens is 1. The summed E-state index contributed by atoms with van der Waals surface area (Å²) in [4.78, 5) is 10.9. The highest BCUT2D eigenvalue weighted by molar-refractivity contribution is 14.0. The fraction of sp³-hybridized carbons (Fsp3) is 0.750. The first-order valence-electron chi connectivity index (χ1n) is 8.09. The van der Waals surface area contributed by atoms with Crippen molar-refractivity contribution in [1.29, 1.82) is 0 Å². The first-order valence-corrected chi connectivity index (χ1v) is 8.09. The summed E-state index contributed by atoms with van der Waals surface area (Å²) in [6.07, 6.45) is 2.03. The highest BCUT2D eigenvalue weighted by Crippen LogP contribution is 2.24. The monoisotopic (exact) mass is 451 g/mol. The number of oxazole rings is 1. The van der Waals surface area contributed by atoms with Gasteiger partial charge in [0.15, 0.2) is 5.96 Å². The van der Waals surface area contributed by atoms with Gasteiger partial charge in [0.1, 0.15) is 5.76 Å². The molecule has 138 valence electrons. The summed E-state index contributed by atoms with van der Waals surface area (Å²) >= 11 is 0. The first kappa shape index (κ1) is 21.2. The molecule has 2 heterocycles. The van der Waals surface area contributed by atoms with Crippen LogP contribution in [0.4, 0.5) is 0 Å². The van der Waals surface area contributed by atoms with Crippen LogP contribution in [-0.4, -0.2) is 62.3 Å². The van der Waals surface area contributed by atoms with Gasteiger partial charge in [-0.2, -0.15) is 0 Å². The van der Waals surface area contributed by atoms with Gasteiger partial charge in [-0.1, -0.05) is 0 Å². The Bertz CT molecular complexity index is 519. The van der Waals surface area contributed by atoms with Crippen molar-refractivity contribution in [3.63, 3.8) is 0 Å². The van der Waals surface area contributed by atoms with Gasteiger partial charge in [0, 0.05) is 32.3 Å². The number of ether oxygens (including phenoxy) is 1. The van der Waals surface area contributed by atoms with Crippen LogP contribution in [0.5, 0.6) is 0 Å². The molecule has 24 heavy (non-hydrogen) atoms. The summed E-state index contributed by atoms with van der Waals surface area (Å²) < 4.78 is 11.1. The number of aliphatic imine (C=N–C) groups is 1. The second kappa shape index (κ2) is 9.57. The number of hydrogen-bond donors (Lipinski definition) is 2. The molecule has 2 N–H and O–H groups in total. The largest absolute Gasteiger partial charge is 0.444 e. The Labute approximate surface area is 161 Å². The van der Waals surface area contributed by atoms with Crippen molar-refractivity contribution in [2.24, 2.45) is 4.99 Å². The Balaban J connectivity index is 0.00000288. The summed E-state index contributed by atoms with van der Waals surface area (Å²) in [5.74, 6) is 2.29. The van der Waals surface area contributed by atoms with Crippen molar-refractivity contribution >= 4 is 29.9 Å². The van der Waals surface area contributed by atoms with Crippen molar-refractivity contribution in [3.05, 3.63) is 17.3 Å². The van der Waals surface area contributed by atoms with Gasteiger partial charge >= 0.3 is 0 Å². The third-order valence-electron chi connectivity index (χ3n) is 4.66. The molecule has 0 aromatic carbocycles. The Morgan fingerprint density at radius 3 is 2.42 bits per heavy atom. The summed E-state index contributed by atoms with van der Waals surface area (Å²) in [6, 6.07) is 0. The van der Waals surface area contributed by atoms with Crippen LogP contribution >= 0.6 is 24.0 Å². The lowest BCUT2D eigenvalue weighted by Crippen LogP contribution is -2.57. The molecule has 0 amide bonds. The number of rotatable bonds is 5. The van der Waals surface area contributed by atoms with Crippen LogP contribution in [0.2, 0.25) is 0 Å². The predicted octanol–water partition coefficient (Wildman–Crippen LogP) is 1.69. The zero-order valence-corrected chi connectivity index (χ0v) is 17.6. The Morgan fingerprint density at radius 2 is 1.92 bits per heavy atom. The molecule has 0 saturated carbocycles. The molecule has 8 heteroatoms. The molecule has 0 unspecified atom stereocenters. The molecule has 1 aliphatic heterocycles. The quantitative estimate of drug-likeness (QED) is 0.403. The predicted molar refractivity (Wildman–Crippen MR) is 106 cm³/mol. The summed E-state index contributed by atoms with van der Waals surface area (Å²) in [6.45, 7) is 6.83. The minimum Gasteiger partial charge on any atom is -0.444 e. The topological polar surface area (TPSA) is 74.9 Å². The van der Waals surface area contributed by atoms with Gasteiger partial charge in [0.2, 0.25) is 5.89 Å². The van der Waals surface area contributed by atoms with E-state index in [0.717, 1.165) is 50.0 Å². The SMILES string of the molecule is CN=C(NCc1nc(C)c(C)o1)NCC1(N(C)C)CCOCC1.I. The Kier molecular flexibility index (Phi) is 8.44. The van der Waals surface area contributed by atoms with Crippen molar-refractivity contribution in [2.45, 2.75) is 38.8 Å². The van der Waals surface area contributed by atoms with Gasteiger partial charge in [0.25, 0.3) is 0 Å². The minimum atomic E-state index is 0. The number of aromatic nitrogens is 1. The van der Waals surface area contributed by atoms with Crippen molar-refractivity contribution in [2.75, 3.05) is 40.9 Å². The van der Waals surface area contributed by atoms with E-state index in [4.69, 9.17) is 9.15 Å². The molecule has 1 aromatic heterocycles. The van der Waals surface area contributed by atoms with Gasteiger partial charge < -0.3 is 24.7 Å². The average Bonchev–Trinajstić information content (AvgIpc) is 2.86. The van der Waals surface area contributed by atoms with E-state index in [1.165, 1.54) is 0 Å². The average molecular weight is 451 g/mol. The third kappa shape index (κ3) is 5.32. The van der Waals surface area contributed by atoms with Gasteiger partial charge in [-0.15, -0.1) is 24.0 Å². The van der Waals surface area contributed by atoms with Crippen LogP contribution in [-0.2, 0) is 11.3 Å². The Morgan fingerprint density at radius 1 is 1.25 bits per heavy atom. The number of hydrogen-bond acceptors (Lipinski definition) is 5. The molecule has 2 rings (SSSR count). The second-order valence-electron chi connectivity index (χ2n) is 6.26. The summed E-state index contributed by atoms with van der Waals surface area (Å²) in [7, 11) is 6.02. The van der Waals surface area contributed by atoms with Crippen LogP contribution in [0.25, 0.3) is 0 Å². The standard InChI is InChI=1S/C16H29N5O2.HI/c1-12-13(2)23-14(20-12)10-18-15(17-3)19-11-16(21(4)5)6-8-22-9-7-16;/h6-11H2,1-5H3,(H2,17,18,19);1H. The maximum absolute atomic E-state index is 5.58. The van der Waals surface area contributed by atoms with E-state index in [9.17, 15) is 0 Å². The maximum Gasteiger partial charge on any atom is 0.214 e. The number of nitrogens with one attached hydrogen (secondary N) is 2. The molecule has 1 aromatic rings. The zero-order chi connectivity index (χ0) is 16.9. The van der Waals surface area contributed by atoms with Crippen LogP contribution in [0.3, 0.4) is 0 Å². The van der Waals surface area contributed by atoms with E-state index in [2.05, 4.69) is 39.6 Å².